The Bertz CT molecular complexity index is 1110. The molecule has 0 aliphatic carbocycles. The number of aryl methyl sites for hydroxylation is 1. The maximum atomic E-state index is 12.3. The van der Waals surface area contributed by atoms with Crippen LogP contribution >= 0.6 is 23.1 Å². The number of esters is 1. The average Bonchev–Trinajstić information content (AvgIpc) is 3.36. The molecule has 0 spiro atoms. The molecule has 1 N–H and O–H groups in total. The van der Waals surface area contributed by atoms with Crippen LogP contribution in [0.2, 0.25) is 5.02 Å². The van der Waals surface area contributed by atoms with Gasteiger partial charge in [-0.1, -0.05) is 28.2 Å². The number of amides is 1. The van der Waals surface area contributed by atoms with E-state index < -0.39 is 5.97 Å². The van der Waals surface area contributed by atoms with Crippen molar-refractivity contribution in [3.05, 3.63) is 63.1 Å². The molecule has 154 valence electrons. The van der Waals surface area contributed by atoms with Gasteiger partial charge < -0.3 is 14.8 Å². The number of fused-ring (bicyclic) bond motifs is 1. The fraction of sp³-hybridized carbons (Fsp3) is 0.238. The van der Waals surface area contributed by atoms with E-state index >= 15 is 0 Å². The number of halogens is 1. The van der Waals surface area contributed by atoms with Crippen LogP contribution in [0.1, 0.15) is 31.3 Å². The summed E-state index contributed by atoms with van der Waals surface area (Å²) in [6.07, 6.45) is 0.417. The van der Waals surface area contributed by atoms with Crippen molar-refractivity contribution in [1.82, 2.24) is 14.9 Å². The number of rotatable bonds is 5. The highest BCUT2D eigenvalue weighted by Gasteiger charge is 2.27. The number of hydrogen-bond donors (Lipinski definition) is 1. The summed E-state index contributed by atoms with van der Waals surface area (Å²) in [5, 5.41) is 7.34. The van der Waals surface area contributed by atoms with E-state index in [4.69, 9.17) is 21.1 Å². The summed E-state index contributed by atoms with van der Waals surface area (Å²) < 4.78 is 14.7. The predicted octanol–water partition coefficient (Wildman–Crippen LogP) is 3.69. The number of methoxy groups -OCH3 is 1. The van der Waals surface area contributed by atoms with Gasteiger partial charge in [-0.2, -0.15) is 0 Å². The third-order valence-electron chi connectivity index (χ3n) is 4.83. The highest BCUT2D eigenvalue weighted by molar-refractivity contribution is 7.08. The predicted molar refractivity (Wildman–Crippen MR) is 113 cm³/mol. The lowest BCUT2D eigenvalue weighted by molar-refractivity contribution is 0.0600. The monoisotopic (exact) mass is 443 g/mol. The highest BCUT2D eigenvalue weighted by atomic mass is 35.5. The van der Waals surface area contributed by atoms with Gasteiger partial charge >= 0.3 is 5.97 Å². The molecular formula is C21H18ClN3O4S. The molecule has 1 aromatic heterocycles. The fourth-order valence-corrected chi connectivity index (χ4v) is 4.17. The first-order valence-electron chi connectivity index (χ1n) is 9.21. The molecule has 9 heteroatoms. The maximum Gasteiger partial charge on any atom is 0.337 e. The number of nitrogens with zero attached hydrogens (tertiary/aromatic N) is 2. The number of hydrogen-bond acceptors (Lipinski definition) is 7. The minimum atomic E-state index is -0.392. The van der Waals surface area contributed by atoms with Gasteiger partial charge in [0, 0.05) is 22.6 Å². The topological polar surface area (TPSA) is 90.4 Å². The van der Waals surface area contributed by atoms with E-state index in [0.29, 0.717) is 34.1 Å². The minimum absolute atomic E-state index is 0.210. The molecule has 0 fully saturated rings. The molecule has 0 saturated heterocycles. The number of ether oxygens (including phenoxy) is 2. The van der Waals surface area contributed by atoms with Gasteiger partial charge in [-0.25, -0.2) is 4.79 Å². The van der Waals surface area contributed by atoms with E-state index in [-0.39, 0.29) is 12.0 Å². The van der Waals surface area contributed by atoms with Gasteiger partial charge in [-0.3, -0.25) is 4.79 Å². The van der Waals surface area contributed by atoms with E-state index in [9.17, 15) is 9.59 Å². The smallest absolute Gasteiger partial charge is 0.337 e. The van der Waals surface area contributed by atoms with Gasteiger partial charge in [0.15, 0.2) is 0 Å². The van der Waals surface area contributed by atoms with Crippen LogP contribution in [0.15, 0.2) is 36.4 Å². The van der Waals surface area contributed by atoms with Crippen LogP contribution in [0, 0.1) is 6.92 Å². The van der Waals surface area contributed by atoms with Gasteiger partial charge in [0.2, 0.25) is 0 Å². The summed E-state index contributed by atoms with van der Waals surface area (Å²) in [5.74, 6) is 0.134. The summed E-state index contributed by atoms with van der Waals surface area (Å²) in [6.45, 7) is 2.10. The van der Waals surface area contributed by atoms with Crippen molar-refractivity contribution >= 4 is 35.0 Å². The second-order valence-corrected chi connectivity index (χ2v) is 8.04. The van der Waals surface area contributed by atoms with Crippen molar-refractivity contribution in [1.29, 1.82) is 0 Å². The molecule has 1 unspecified atom stereocenters. The largest absolute Gasteiger partial charge is 0.487 e. The average molecular weight is 444 g/mol. The second-order valence-electron chi connectivity index (χ2n) is 6.85. The van der Waals surface area contributed by atoms with E-state index in [2.05, 4.69) is 14.9 Å². The van der Waals surface area contributed by atoms with Crippen LogP contribution in [-0.2, 0) is 11.2 Å². The Kier molecular flexibility index (Phi) is 5.69. The van der Waals surface area contributed by atoms with E-state index in [1.54, 1.807) is 19.1 Å². The van der Waals surface area contributed by atoms with Crippen molar-refractivity contribution in [2.75, 3.05) is 13.7 Å². The van der Waals surface area contributed by atoms with Gasteiger partial charge in [0.05, 0.1) is 24.9 Å². The number of carbonyl (C=O) groups excluding carboxylic acids is 2. The molecule has 0 radical (unpaired) electrons. The Hall–Kier alpha value is -2.97. The zero-order valence-corrected chi connectivity index (χ0v) is 17.8. The first kappa shape index (κ1) is 20.3. The molecule has 0 bridgehead atoms. The summed E-state index contributed by atoms with van der Waals surface area (Å²) >= 11 is 7.40. The van der Waals surface area contributed by atoms with E-state index in [0.717, 1.165) is 34.0 Å². The lowest BCUT2D eigenvalue weighted by atomic mass is 9.99. The molecule has 2 aromatic carbocycles. The lowest BCUT2D eigenvalue weighted by Gasteiger charge is -2.14. The molecule has 1 aliphatic heterocycles. The Balaban J connectivity index is 1.51. The maximum absolute atomic E-state index is 12.3. The zero-order chi connectivity index (χ0) is 21.3. The molecule has 1 aliphatic rings. The second kappa shape index (κ2) is 8.41. The minimum Gasteiger partial charge on any atom is -0.487 e. The van der Waals surface area contributed by atoms with E-state index in [1.807, 2.05) is 24.3 Å². The molecule has 7 nitrogen and oxygen atoms in total. The Morgan fingerprint density at radius 2 is 2.07 bits per heavy atom. The van der Waals surface area contributed by atoms with Crippen LogP contribution < -0.4 is 10.1 Å². The first-order chi connectivity index (χ1) is 14.5. The zero-order valence-electron chi connectivity index (χ0n) is 16.3. The number of benzene rings is 2. The number of nitrogens with one attached hydrogen (secondary N) is 1. The molecule has 1 atom stereocenters. The fourth-order valence-electron chi connectivity index (χ4n) is 3.35. The molecule has 4 rings (SSSR count). The van der Waals surface area contributed by atoms with Crippen molar-refractivity contribution < 1.29 is 19.1 Å². The quantitative estimate of drug-likeness (QED) is 0.605. The highest BCUT2D eigenvalue weighted by Crippen LogP contribution is 2.41. The normalized spacial score (nSPS) is 14.7. The molecule has 30 heavy (non-hydrogen) atoms. The SMILES string of the molecule is COC(=O)c1ccc(-c2cc(Cl)cc3c2OC(CNC(=O)c2snnc2C)C3)cc1. The van der Waals surface area contributed by atoms with Crippen molar-refractivity contribution in [2.45, 2.75) is 19.4 Å². The standard InChI is InChI=1S/C21H18ClN3O4S/c1-11-19(30-25-24-11)20(26)23-10-16-8-14-7-15(22)9-17(18(14)29-16)12-3-5-13(6-4-12)21(27)28-2/h3-7,9,16H,8,10H2,1-2H3,(H,23,26). The van der Waals surface area contributed by atoms with Gasteiger partial charge in [0.25, 0.3) is 5.91 Å². The van der Waals surface area contributed by atoms with Gasteiger partial charge in [0.1, 0.15) is 16.7 Å². The van der Waals surface area contributed by atoms with Crippen LogP contribution in [0.3, 0.4) is 0 Å². The van der Waals surface area contributed by atoms with Gasteiger partial charge in [-0.15, -0.1) is 5.10 Å². The first-order valence-corrected chi connectivity index (χ1v) is 10.4. The van der Waals surface area contributed by atoms with Crippen molar-refractivity contribution in [3.8, 4) is 16.9 Å². The van der Waals surface area contributed by atoms with Crippen LogP contribution in [0.5, 0.6) is 5.75 Å². The summed E-state index contributed by atoms with van der Waals surface area (Å²) in [6, 6.07) is 10.8. The summed E-state index contributed by atoms with van der Waals surface area (Å²) in [5.41, 5.74) is 3.76. The number of carbonyl (C=O) groups is 2. The Morgan fingerprint density at radius 1 is 1.30 bits per heavy atom. The lowest BCUT2D eigenvalue weighted by Crippen LogP contribution is -2.34. The van der Waals surface area contributed by atoms with Crippen LogP contribution in [0.4, 0.5) is 0 Å². The molecule has 2 heterocycles. The summed E-state index contributed by atoms with van der Waals surface area (Å²) in [4.78, 5) is 24.5. The van der Waals surface area contributed by atoms with Crippen molar-refractivity contribution in [2.24, 2.45) is 0 Å². The Labute approximate surface area is 182 Å². The molecular weight excluding hydrogens is 426 g/mol. The molecule has 1 amide bonds. The van der Waals surface area contributed by atoms with Gasteiger partial charge in [-0.05, 0) is 48.3 Å². The third kappa shape index (κ3) is 4.01. The molecule has 0 saturated carbocycles. The molecule has 3 aromatic rings. The summed E-state index contributed by atoms with van der Waals surface area (Å²) in [7, 11) is 1.35. The van der Waals surface area contributed by atoms with Crippen molar-refractivity contribution in [3.63, 3.8) is 0 Å². The van der Waals surface area contributed by atoms with Crippen LogP contribution in [-0.4, -0.2) is 41.2 Å². The third-order valence-corrected chi connectivity index (χ3v) is 5.87. The Morgan fingerprint density at radius 3 is 2.73 bits per heavy atom. The van der Waals surface area contributed by atoms with E-state index in [1.165, 1.54) is 7.11 Å². The van der Waals surface area contributed by atoms with Crippen LogP contribution in [0.25, 0.3) is 11.1 Å². The number of aromatic nitrogens is 2.